The van der Waals surface area contributed by atoms with Crippen LogP contribution in [-0.2, 0) is 6.54 Å². The molecule has 1 aromatic carbocycles. The second kappa shape index (κ2) is 6.74. The Balaban J connectivity index is 1.86. The van der Waals surface area contributed by atoms with Gasteiger partial charge in [-0.2, -0.15) is 0 Å². The average molecular weight is 291 g/mol. The molecule has 0 spiro atoms. The minimum Gasteiger partial charge on any atom is -0.493 e. The molecule has 21 heavy (non-hydrogen) atoms. The molecule has 2 rings (SSSR count). The van der Waals surface area contributed by atoms with Crippen LogP contribution >= 0.6 is 0 Å². The van der Waals surface area contributed by atoms with Crippen LogP contribution in [0.25, 0.3) is 0 Å². The van der Waals surface area contributed by atoms with E-state index < -0.39 is 5.97 Å². The van der Waals surface area contributed by atoms with Gasteiger partial charge in [0.1, 0.15) is 0 Å². The lowest BCUT2D eigenvalue weighted by molar-refractivity contribution is 0.0689. The summed E-state index contributed by atoms with van der Waals surface area (Å²) in [7, 11) is 1.59. The number of carboxylic acid groups (broad SMARTS) is 1. The van der Waals surface area contributed by atoms with Crippen molar-refractivity contribution in [2.45, 2.75) is 19.9 Å². The topological polar surface area (TPSA) is 86.5 Å². The number of aryl methyl sites for hydroxylation is 1. The van der Waals surface area contributed by atoms with Gasteiger partial charge in [0, 0.05) is 13.0 Å². The van der Waals surface area contributed by atoms with Crippen molar-refractivity contribution >= 4 is 5.97 Å². The zero-order chi connectivity index (χ0) is 15.2. The lowest BCUT2D eigenvalue weighted by Gasteiger charge is -2.10. The highest BCUT2D eigenvalue weighted by atomic mass is 16.5. The molecule has 0 bridgehead atoms. The number of para-hydroxylation sites is 2. The highest BCUT2D eigenvalue weighted by Gasteiger charge is 2.14. The lowest BCUT2D eigenvalue weighted by atomic mass is 10.3. The first kappa shape index (κ1) is 14.8. The van der Waals surface area contributed by atoms with E-state index in [1.54, 1.807) is 18.7 Å². The SMILES string of the molecule is COc1ccccc1OCCCn1nnc(C(=O)O)c1C. The molecular formula is C14H17N3O4. The normalized spacial score (nSPS) is 10.4. The molecule has 112 valence electrons. The van der Waals surface area contributed by atoms with Gasteiger partial charge in [0.2, 0.25) is 0 Å². The monoisotopic (exact) mass is 291 g/mol. The Kier molecular flexibility index (Phi) is 4.76. The molecule has 0 radical (unpaired) electrons. The number of benzene rings is 1. The molecule has 7 heteroatoms. The number of ether oxygens (including phenoxy) is 2. The number of carboxylic acids is 1. The van der Waals surface area contributed by atoms with E-state index in [1.165, 1.54) is 0 Å². The van der Waals surface area contributed by atoms with Crippen LogP contribution in [0.5, 0.6) is 11.5 Å². The van der Waals surface area contributed by atoms with Gasteiger partial charge in [0.15, 0.2) is 17.2 Å². The van der Waals surface area contributed by atoms with E-state index in [1.807, 2.05) is 24.3 Å². The molecule has 1 aromatic heterocycles. The van der Waals surface area contributed by atoms with Crippen LogP contribution in [0.2, 0.25) is 0 Å². The van der Waals surface area contributed by atoms with E-state index in [9.17, 15) is 4.79 Å². The number of aromatic carboxylic acids is 1. The smallest absolute Gasteiger partial charge is 0.358 e. The lowest BCUT2D eigenvalue weighted by Crippen LogP contribution is -2.08. The molecule has 0 atom stereocenters. The molecule has 0 amide bonds. The second-order valence-corrected chi connectivity index (χ2v) is 4.40. The summed E-state index contributed by atoms with van der Waals surface area (Å²) in [5, 5.41) is 16.4. The average Bonchev–Trinajstić information content (AvgIpc) is 2.85. The van der Waals surface area contributed by atoms with Crippen LogP contribution in [0, 0.1) is 6.92 Å². The van der Waals surface area contributed by atoms with E-state index in [-0.39, 0.29) is 5.69 Å². The third-order valence-corrected chi connectivity index (χ3v) is 3.03. The van der Waals surface area contributed by atoms with Crippen molar-refractivity contribution in [1.29, 1.82) is 0 Å². The zero-order valence-corrected chi connectivity index (χ0v) is 11.9. The Bertz CT molecular complexity index is 624. The first-order valence-corrected chi connectivity index (χ1v) is 6.52. The molecule has 0 fully saturated rings. The van der Waals surface area contributed by atoms with Crippen molar-refractivity contribution < 1.29 is 19.4 Å². The molecule has 2 aromatic rings. The van der Waals surface area contributed by atoms with Gasteiger partial charge in [0.25, 0.3) is 0 Å². The van der Waals surface area contributed by atoms with Gasteiger partial charge >= 0.3 is 5.97 Å². The van der Waals surface area contributed by atoms with Crippen molar-refractivity contribution in [1.82, 2.24) is 15.0 Å². The summed E-state index contributed by atoms with van der Waals surface area (Å²) < 4.78 is 12.4. The summed E-state index contributed by atoms with van der Waals surface area (Å²) in [5.41, 5.74) is 0.528. The minimum absolute atomic E-state index is 0.0133. The Morgan fingerprint density at radius 3 is 2.67 bits per heavy atom. The number of hydrogen-bond acceptors (Lipinski definition) is 5. The minimum atomic E-state index is -1.07. The van der Waals surface area contributed by atoms with E-state index in [2.05, 4.69) is 10.3 Å². The van der Waals surface area contributed by atoms with Crippen LogP contribution in [0.3, 0.4) is 0 Å². The summed E-state index contributed by atoms with van der Waals surface area (Å²) in [6.07, 6.45) is 0.682. The van der Waals surface area contributed by atoms with Gasteiger partial charge in [-0.05, 0) is 19.1 Å². The second-order valence-electron chi connectivity index (χ2n) is 4.40. The summed E-state index contributed by atoms with van der Waals surface area (Å²) in [6.45, 7) is 2.70. The van der Waals surface area contributed by atoms with Gasteiger partial charge in [-0.15, -0.1) is 5.10 Å². The van der Waals surface area contributed by atoms with Crippen LogP contribution < -0.4 is 9.47 Å². The molecule has 1 heterocycles. The van der Waals surface area contributed by atoms with E-state index in [0.717, 1.165) is 0 Å². The fourth-order valence-corrected chi connectivity index (χ4v) is 1.90. The molecule has 0 saturated carbocycles. The number of methoxy groups -OCH3 is 1. The zero-order valence-electron chi connectivity index (χ0n) is 11.9. The van der Waals surface area contributed by atoms with Crippen LogP contribution in [-0.4, -0.2) is 39.8 Å². The molecule has 0 saturated heterocycles. The highest BCUT2D eigenvalue weighted by molar-refractivity contribution is 5.86. The fraction of sp³-hybridized carbons (Fsp3) is 0.357. The Hall–Kier alpha value is -2.57. The predicted molar refractivity (Wildman–Crippen MR) is 74.8 cm³/mol. The summed E-state index contributed by atoms with van der Waals surface area (Å²) in [5.74, 6) is 0.299. The first-order chi connectivity index (χ1) is 10.1. The van der Waals surface area contributed by atoms with Gasteiger partial charge in [0.05, 0.1) is 19.4 Å². The van der Waals surface area contributed by atoms with Gasteiger partial charge in [-0.25, -0.2) is 9.48 Å². The molecule has 0 unspecified atom stereocenters. The molecule has 0 aliphatic rings. The third-order valence-electron chi connectivity index (χ3n) is 3.03. The van der Waals surface area contributed by atoms with Crippen molar-refractivity contribution in [3.05, 3.63) is 35.7 Å². The van der Waals surface area contributed by atoms with Crippen LogP contribution in [0.4, 0.5) is 0 Å². The molecular weight excluding hydrogens is 274 g/mol. The number of aromatic nitrogens is 3. The predicted octanol–water partition coefficient (Wildman–Crippen LogP) is 1.76. The molecule has 7 nitrogen and oxygen atoms in total. The summed E-state index contributed by atoms with van der Waals surface area (Å²) in [4.78, 5) is 10.9. The maximum atomic E-state index is 10.9. The van der Waals surface area contributed by atoms with Gasteiger partial charge < -0.3 is 14.6 Å². The van der Waals surface area contributed by atoms with Crippen molar-refractivity contribution in [3.63, 3.8) is 0 Å². The van der Waals surface area contributed by atoms with Gasteiger partial charge in [-0.3, -0.25) is 0 Å². The number of hydrogen-bond donors (Lipinski definition) is 1. The number of rotatable bonds is 7. The van der Waals surface area contributed by atoms with E-state index >= 15 is 0 Å². The molecule has 1 N–H and O–H groups in total. The molecule has 0 aliphatic carbocycles. The highest BCUT2D eigenvalue weighted by Crippen LogP contribution is 2.25. The third kappa shape index (κ3) is 3.50. The number of carbonyl (C=O) groups is 1. The van der Waals surface area contributed by atoms with Crippen molar-refractivity contribution in [2.75, 3.05) is 13.7 Å². The first-order valence-electron chi connectivity index (χ1n) is 6.52. The van der Waals surface area contributed by atoms with Crippen molar-refractivity contribution in [2.24, 2.45) is 0 Å². The maximum absolute atomic E-state index is 10.9. The Labute approximate surface area is 122 Å². The van der Waals surface area contributed by atoms with E-state index in [0.29, 0.717) is 36.8 Å². The maximum Gasteiger partial charge on any atom is 0.358 e. The standard InChI is InChI=1S/C14H17N3O4/c1-10-13(14(18)19)15-16-17(10)8-5-9-21-12-7-4-3-6-11(12)20-2/h3-4,6-7H,5,8-9H2,1-2H3,(H,18,19). The Morgan fingerprint density at radius 1 is 1.33 bits per heavy atom. The summed E-state index contributed by atoms with van der Waals surface area (Å²) >= 11 is 0. The quantitative estimate of drug-likeness (QED) is 0.782. The van der Waals surface area contributed by atoms with Crippen molar-refractivity contribution in [3.8, 4) is 11.5 Å². The summed E-state index contributed by atoms with van der Waals surface area (Å²) in [6, 6.07) is 7.41. The van der Waals surface area contributed by atoms with Crippen LogP contribution in [0.1, 0.15) is 22.6 Å². The van der Waals surface area contributed by atoms with E-state index in [4.69, 9.17) is 14.6 Å². The fourth-order valence-electron chi connectivity index (χ4n) is 1.90. The Morgan fingerprint density at radius 2 is 2.05 bits per heavy atom. The van der Waals surface area contributed by atoms with Crippen LogP contribution in [0.15, 0.2) is 24.3 Å². The molecule has 0 aliphatic heterocycles. The van der Waals surface area contributed by atoms with Gasteiger partial charge in [-0.1, -0.05) is 17.3 Å². The number of nitrogens with zero attached hydrogens (tertiary/aromatic N) is 3. The largest absolute Gasteiger partial charge is 0.493 e.